The number of hydrogen-bond acceptors (Lipinski definition) is 7. The smallest absolute Gasteiger partial charge is 0.298 e. The number of anilines is 2. The maximum absolute atomic E-state index is 10.2. The Morgan fingerprint density at radius 3 is 2.53 bits per heavy atom. The van der Waals surface area contributed by atoms with Crippen LogP contribution in [0.25, 0.3) is 22.2 Å². The predicted molar refractivity (Wildman–Crippen MR) is 126 cm³/mol. The molecule has 1 N–H and O–H groups in total. The first-order chi connectivity index (χ1) is 15.3. The van der Waals surface area contributed by atoms with Gasteiger partial charge in [0.1, 0.15) is 11.6 Å². The number of oxazole rings is 1. The van der Waals surface area contributed by atoms with Gasteiger partial charge in [-0.05, 0) is 45.5 Å². The third kappa shape index (κ3) is 3.31. The Balaban J connectivity index is 1.74. The van der Waals surface area contributed by atoms with Gasteiger partial charge in [-0.1, -0.05) is 30.3 Å². The fourth-order valence-corrected chi connectivity index (χ4v) is 5.04. The van der Waals surface area contributed by atoms with Gasteiger partial charge in [0.15, 0.2) is 5.58 Å². The summed E-state index contributed by atoms with van der Waals surface area (Å²) in [5.74, 6) is 0. The lowest BCUT2D eigenvalue weighted by molar-refractivity contribution is 0.0280. The molecule has 5 rings (SSSR count). The van der Waals surface area contributed by atoms with Gasteiger partial charge in [0.25, 0.3) is 6.01 Å². The molecular formula is C25H29N5O2. The first-order valence-electron chi connectivity index (χ1n) is 11.1. The molecule has 1 aromatic heterocycles. The number of β-amino-alcohol motifs (C(OH)–C–C–N with tert-alkyl or cyclic N) is 1. The highest BCUT2D eigenvalue weighted by atomic mass is 16.4. The van der Waals surface area contributed by atoms with Crippen LogP contribution in [0.5, 0.6) is 0 Å². The van der Waals surface area contributed by atoms with Gasteiger partial charge in [-0.2, -0.15) is 10.2 Å². The number of hydrogen-bond donors (Lipinski definition) is 1. The van der Waals surface area contributed by atoms with Crippen molar-refractivity contribution >= 4 is 22.8 Å². The second kappa shape index (κ2) is 7.51. The molecule has 0 aliphatic carbocycles. The lowest BCUT2D eigenvalue weighted by Crippen LogP contribution is -2.60. The topological polar surface area (TPSA) is 79.8 Å². The van der Waals surface area contributed by atoms with Crippen LogP contribution in [0.15, 0.2) is 34.7 Å². The van der Waals surface area contributed by atoms with E-state index in [4.69, 9.17) is 9.40 Å². The predicted octanol–water partition coefficient (Wildman–Crippen LogP) is 3.39. The van der Waals surface area contributed by atoms with Crippen LogP contribution in [0.4, 0.5) is 11.7 Å². The second-order valence-corrected chi connectivity index (χ2v) is 9.58. The maximum Gasteiger partial charge on any atom is 0.298 e. The van der Waals surface area contributed by atoms with Gasteiger partial charge in [-0.15, -0.1) is 0 Å². The number of likely N-dealkylation sites (N-methyl/N-ethyl adjacent to an activating group) is 1. The summed E-state index contributed by atoms with van der Waals surface area (Å²) in [7, 11) is 4.24. The molecule has 2 fully saturated rings. The van der Waals surface area contributed by atoms with Crippen LogP contribution in [0.1, 0.15) is 24.5 Å². The minimum absolute atomic E-state index is 0.456. The van der Waals surface area contributed by atoms with Gasteiger partial charge in [0, 0.05) is 24.7 Å². The summed E-state index contributed by atoms with van der Waals surface area (Å²) in [6.07, 6.45) is 1.07. The van der Waals surface area contributed by atoms with Crippen molar-refractivity contribution in [1.82, 2.24) is 9.88 Å². The first-order valence-corrected chi connectivity index (χ1v) is 11.1. The van der Waals surface area contributed by atoms with E-state index in [-0.39, 0.29) is 0 Å². The van der Waals surface area contributed by atoms with E-state index in [0.29, 0.717) is 41.8 Å². The zero-order valence-electron chi connectivity index (χ0n) is 19.1. The molecule has 3 aromatic rings. The van der Waals surface area contributed by atoms with Crippen LogP contribution >= 0.6 is 0 Å². The number of fused-ring (bicyclic) bond motifs is 1. The molecule has 2 saturated heterocycles. The minimum atomic E-state index is -0.736. The van der Waals surface area contributed by atoms with E-state index in [2.05, 4.69) is 42.1 Å². The SMILES string of the molecule is Cc1c(-c2ccccc2)c(N2CC[C@H](N(C)C)C2)c2oc(N3CC(C)(O)C3)nc2c1C#N. The van der Waals surface area contributed by atoms with E-state index in [9.17, 15) is 10.4 Å². The highest BCUT2D eigenvalue weighted by Crippen LogP contribution is 2.45. The van der Waals surface area contributed by atoms with E-state index in [1.165, 1.54) is 0 Å². The Labute approximate surface area is 188 Å². The van der Waals surface area contributed by atoms with Crippen molar-refractivity contribution in [3.8, 4) is 17.2 Å². The van der Waals surface area contributed by atoms with Crippen molar-refractivity contribution in [3.63, 3.8) is 0 Å². The molecule has 2 aliphatic heterocycles. The van der Waals surface area contributed by atoms with Gasteiger partial charge in [0.05, 0.1) is 29.9 Å². The fourth-order valence-electron chi connectivity index (χ4n) is 5.04. The quantitative estimate of drug-likeness (QED) is 0.678. The van der Waals surface area contributed by atoms with Crippen molar-refractivity contribution in [3.05, 3.63) is 41.5 Å². The average molecular weight is 432 g/mol. The summed E-state index contributed by atoms with van der Waals surface area (Å²) in [5.41, 5.74) is 5.11. The van der Waals surface area contributed by atoms with Crippen molar-refractivity contribution in [1.29, 1.82) is 5.26 Å². The third-order valence-corrected chi connectivity index (χ3v) is 6.77. The lowest BCUT2D eigenvalue weighted by atomic mass is 9.93. The molecule has 7 nitrogen and oxygen atoms in total. The number of benzene rings is 2. The van der Waals surface area contributed by atoms with Gasteiger partial charge in [-0.3, -0.25) is 0 Å². The molecule has 166 valence electrons. The lowest BCUT2D eigenvalue weighted by Gasteiger charge is -2.43. The molecule has 0 spiro atoms. The average Bonchev–Trinajstić information content (AvgIpc) is 3.39. The fraction of sp³-hybridized carbons (Fsp3) is 0.440. The zero-order chi connectivity index (χ0) is 22.6. The van der Waals surface area contributed by atoms with Crippen molar-refractivity contribution in [2.75, 3.05) is 50.1 Å². The molecule has 0 unspecified atom stereocenters. The zero-order valence-corrected chi connectivity index (χ0v) is 19.1. The van der Waals surface area contributed by atoms with Crippen molar-refractivity contribution < 1.29 is 9.52 Å². The van der Waals surface area contributed by atoms with Gasteiger partial charge >= 0.3 is 0 Å². The van der Waals surface area contributed by atoms with Crippen LogP contribution in [0, 0.1) is 18.3 Å². The summed E-state index contributed by atoms with van der Waals surface area (Å²) in [6, 6.07) is 13.5. The monoisotopic (exact) mass is 431 g/mol. The van der Waals surface area contributed by atoms with Crippen LogP contribution in [0.3, 0.4) is 0 Å². The second-order valence-electron chi connectivity index (χ2n) is 9.58. The standard InChI is InChI=1S/C25H29N5O2/c1-16-19(12-26)21-23(32-24(27-21)30-14-25(2,31)15-30)22(20(16)17-8-6-5-7-9-17)29-11-10-18(13-29)28(3)4/h5-9,18,31H,10-11,13-15H2,1-4H3/t18-/m0/s1. The molecule has 2 aliphatic rings. The van der Waals surface area contributed by atoms with E-state index < -0.39 is 5.60 Å². The van der Waals surface area contributed by atoms with Crippen LogP contribution in [-0.2, 0) is 0 Å². The Morgan fingerprint density at radius 2 is 1.94 bits per heavy atom. The molecular weight excluding hydrogens is 402 g/mol. The van der Waals surface area contributed by atoms with E-state index in [0.717, 1.165) is 41.9 Å². The molecule has 32 heavy (non-hydrogen) atoms. The third-order valence-electron chi connectivity index (χ3n) is 6.77. The molecule has 0 amide bonds. The molecule has 1 atom stereocenters. The molecule has 3 heterocycles. The molecule has 0 radical (unpaired) electrons. The van der Waals surface area contributed by atoms with Gasteiger partial charge in [0.2, 0.25) is 0 Å². The molecule has 7 heteroatoms. The highest BCUT2D eigenvalue weighted by molar-refractivity contribution is 6.03. The normalized spacial score (nSPS) is 20.1. The first kappa shape index (κ1) is 20.8. The largest absolute Gasteiger partial charge is 0.421 e. The number of aliphatic hydroxyl groups is 1. The Kier molecular flexibility index (Phi) is 4.88. The highest BCUT2D eigenvalue weighted by Gasteiger charge is 2.40. The van der Waals surface area contributed by atoms with Crippen LogP contribution < -0.4 is 9.80 Å². The Morgan fingerprint density at radius 1 is 1.22 bits per heavy atom. The van der Waals surface area contributed by atoms with Crippen molar-refractivity contribution in [2.45, 2.75) is 31.9 Å². The number of nitriles is 1. The maximum atomic E-state index is 10.2. The Hall–Kier alpha value is -3.08. The Bertz CT molecular complexity index is 1200. The summed E-state index contributed by atoms with van der Waals surface area (Å²) in [5, 5.41) is 20.2. The van der Waals surface area contributed by atoms with E-state index in [1.54, 1.807) is 0 Å². The summed E-state index contributed by atoms with van der Waals surface area (Å²) >= 11 is 0. The number of aromatic nitrogens is 1. The summed E-state index contributed by atoms with van der Waals surface area (Å²) < 4.78 is 6.36. The van der Waals surface area contributed by atoms with Gasteiger partial charge in [-0.25, -0.2) is 0 Å². The molecule has 0 saturated carbocycles. The van der Waals surface area contributed by atoms with E-state index >= 15 is 0 Å². The summed E-state index contributed by atoms with van der Waals surface area (Å²) in [4.78, 5) is 11.3. The van der Waals surface area contributed by atoms with Crippen molar-refractivity contribution in [2.24, 2.45) is 0 Å². The molecule has 2 aromatic carbocycles. The number of rotatable bonds is 4. The van der Waals surface area contributed by atoms with E-state index in [1.807, 2.05) is 36.9 Å². The summed E-state index contributed by atoms with van der Waals surface area (Å²) in [6.45, 7) is 6.55. The minimum Gasteiger partial charge on any atom is -0.421 e. The van der Waals surface area contributed by atoms with Crippen LogP contribution in [0.2, 0.25) is 0 Å². The van der Waals surface area contributed by atoms with Gasteiger partial charge < -0.3 is 24.2 Å². The van der Waals surface area contributed by atoms with Crippen LogP contribution in [-0.4, -0.2) is 66.9 Å². The number of nitrogens with zero attached hydrogens (tertiary/aromatic N) is 5. The molecule has 0 bridgehead atoms.